The fourth-order valence-corrected chi connectivity index (χ4v) is 3.61. The van der Waals surface area contributed by atoms with Crippen LogP contribution >= 0.6 is 0 Å². The van der Waals surface area contributed by atoms with Crippen LogP contribution in [-0.2, 0) is 11.3 Å². The van der Waals surface area contributed by atoms with E-state index in [1.165, 1.54) is 11.3 Å². The second kappa shape index (κ2) is 8.02. The zero-order valence-corrected chi connectivity index (χ0v) is 16.0. The SMILES string of the molecule is Cc1c(C)n(Cc2ccccn2)c2ncnc(NCCN3CCOCC3)c12. The van der Waals surface area contributed by atoms with Crippen LogP contribution in [0.15, 0.2) is 30.7 Å². The van der Waals surface area contributed by atoms with Crippen LogP contribution in [0.1, 0.15) is 17.0 Å². The first-order chi connectivity index (χ1) is 13.2. The molecule has 0 bridgehead atoms. The Labute approximate surface area is 159 Å². The molecule has 7 nitrogen and oxygen atoms in total. The Kier molecular flexibility index (Phi) is 5.31. The minimum atomic E-state index is 0.710. The normalized spacial score (nSPS) is 15.3. The van der Waals surface area contributed by atoms with Gasteiger partial charge in [0.05, 0.1) is 30.8 Å². The molecule has 1 aliphatic rings. The predicted molar refractivity (Wildman–Crippen MR) is 106 cm³/mol. The number of ether oxygens (including phenoxy) is 1. The van der Waals surface area contributed by atoms with Gasteiger partial charge < -0.3 is 14.6 Å². The Balaban J connectivity index is 1.56. The van der Waals surface area contributed by atoms with E-state index in [0.29, 0.717) is 6.54 Å². The van der Waals surface area contributed by atoms with Crippen LogP contribution < -0.4 is 5.32 Å². The molecule has 0 aromatic carbocycles. The highest BCUT2D eigenvalue weighted by atomic mass is 16.5. The lowest BCUT2D eigenvalue weighted by atomic mass is 10.2. The number of morpholine rings is 1. The van der Waals surface area contributed by atoms with Crippen molar-refractivity contribution < 1.29 is 4.74 Å². The van der Waals surface area contributed by atoms with E-state index in [9.17, 15) is 0 Å². The van der Waals surface area contributed by atoms with Crippen molar-refractivity contribution in [3.05, 3.63) is 47.7 Å². The lowest BCUT2D eigenvalue weighted by Gasteiger charge is -2.26. The third kappa shape index (κ3) is 3.79. The van der Waals surface area contributed by atoms with E-state index >= 15 is 0 Å². The maximum atomic E-state index is 5.41. The Morgan fingerprint density at radius 3 is 2.74 bits per heavy atom. The quantitative estimate of drug-likeness (QED) is 0.722. The van der Waals surface area contributed by atoms with E-state index in [4.69, 9.17) is 4.74 Å². The highest BCUT2D eigenvalue weighted by Gasteiger charge is 2.17. The van der Waals surface area contributed by atoms with Crippen molar-refractivity contribution >= 4 is 16.9 Å². The summed E-state index contributed by atoms with van der Waals surface area (Å²) >= 11 is 0. The van der Waals surface area contributed by atoms with Crippen molar-refractivity contribution in [1.29, 1.82) is 0 Å². The summed E-state index contributed by atoms with van der Waals surface area (Å²) in [5.74, 6) is 0.911. The van der Waals surface area contributed by atoms with Crippen LogP contribution in [0.4, 0.5) is 5.82 Å². The van der Waals surface area contributed by atoms with Gasteiger partial charge in [0.1, 0.15) is 17.8 Å². The van der Waals surface area contributed by atoms with Crippen LogP contribution in [-0.4, -0.2) is 63.8 Å². The molecule has 0 unspecified atom stereocenters. The first-order valence-electron chi connectivity index (χ1n) is 9.48. The van der Waals surface area contributed by atoms with Gasteiger partial charge in [-0.3, -0.25) is 9.88 Å². The van der Waals surface area contributed by atoms with Gasteiger partial charge in [-0.2, -0.15) is 0 Å². The monoisotopic (exact) mass is 366 g/mol. The van der Waals surface area contributed by atoms with Crippen LogP contribution in [0.3, 0.4) is 0 Å². The van der Waals surface area contributed by atoms with Crippen molar-refractivity contribution in [3.63, 3.8) is 0 Å². The summed E-state index contributed by atoms with van der Waals surface area (Å²) in [5, 5.41) is 4.62. The van der Waals surface area contributed by atoms with E-state index in [0.717, 1.165) is 61.9 Å². The number of fused-ring (bicyclic) bond motifs is 1. The van der Waals surface area contributed by atoms with Gasteiger partial charge in [-0.25, -0.2) is 9.97 Å². The molecule has 142 valence electrons. The molecular weight excluding hydrogens is 340 g/mol. The highest BCUT2D eigenvalue weighted by Crippen LogP contribution is 2.29. The van der Waals surface area contributed by atoms with Crippen molar-refractivity contribution in [2.24, 2.45) is 0 Å². The number of nitrogens with one attached hydrogen (secondary N) is 1. The van der Waals surface area contributed by atoms with Crippen molar-refractivity contribution in [1.82, 2.24) is 24.4 Å². The summed E-state index contributed by atoms with van der Waals surface area (Å²) in [6, 6.07) is 6.00. The maximum absolute atomic E-state index is 5.41. The number of nitrogens with zero attached hydrogens (tertiary/aromatic N) is 5. The van der Waals surface area contributed by atoms with E-state index in [-0.39, 0.29) is 0 Å². The Bertz CT molecular complexity index is 902. The first kappa shape index (κ1) is 17.9. The van der Waals surface area contributed by atoms with Gasteiger partial charge >= 0.3 is 0 Å². The second-order valence-corrected chi connectivity index (χ2v) is 6.92. The average Bonchev–Trinajstić information content (AvgIpc) is 2.95. The van der Waals surface area contributed by atoms with E-state index in [1.807, 2.05) is 24.4 Å². The zero-order chi connectivity index (χ0) is 18.6. The smallest absolute Gasteiger partial charge is 0.146 e. The summed E-state index contributed by atoms with van der Waals surface area (Å²) in [6.07, 6.45) is 3.48. The van der Waals surface area contributed by atoms with Gasteiger partial charge in [-0.1, -0.05) is 6.07 Å². The zero-order valence-electron chi connectivity index (χ0n) is 16.0. The third-order valence-electron chi connectivity index (χ3n) is 5.28. The molecule has 0 radical (unpaired) electrons. The summed E-state index contributed by atoms with van der Waals surface area (Å²) in [6.45, 7) is 10.5. The van der Waals surface area contributed by atoms with Crippen LogP contribution in [0.25, 0.3) is 11.0 Å². The molecule has 0 aliphatic carbocycles. The molecule has 0 spiro atoms. The Hall–Kier alpha value is -2.51. The van der Waals surface area contributed by atoms with E-state index < -0.39 is 0 Å². The molecule has 1 aliphatic heterocycles. The number of aromatic nitrogens is 4. The molecule has 4 heterocycles. The third-order valence-corrected chi connectivity index (χ3v) is 5.28. The number of hydrogen-bond donors (Lipinski definition) is 1. The number of anilines is 1. The van der Waals surface area contributed by atoms with Crippen molar-refractivity contribution in [2.75, 3.05) is 44.7 Å². The molecule has 7 heteroatoms. The topological polar surface area (TPSA) is 68.1 Å². The van der Waals surface area contributed by atoms with Gasteiger partial charge in [0, 0.05) is 38.1 Å². The summed E-state index contributed by atoms with van der Waals surface area (Å²) in [7, 11) is 0. The summed E-state index contributed by atoms with van der Waals surface area (Å²) < 4.78 is 7.64. The molecule has 1 saturated heterocycles. The van der Waals surface area contributed by atoms with Crippen LogP contribution in [0, 0.1) is 13.8 Å². The largest absolute Gasteiger partial charge is 0.379 e. The molecule has 27 heavy (non-hydrogen) atoms. The van der Waals surface area contributed by atoms with E-state index in [1.54, 1.807) is 6.33 Å². The predicted octanol–water partition coefficient (Wildman–Crippen LogP) is 2.24. The molecular formula is C20H26N6O. The second-order valence-electron chi connectivity index (χ2n) is 6.92. The molecule has 1 fully saturated rings. The Morgan fingerprint density at radius 1 is 1.11 bits per heavy atom. The fourth-order valence-electron chi connectivity index (χ4n) is 3.61. The van der Waals surface area contributed by atoms with Crippen molar-refractivity contribution in [3.8, 4) is 0 Å². The molecule has 0 atom stereocenters. The van der Waals surface area contributed by atoms with Gasteiger partial charge in [-0.15, -0.1) is 0 Å². The van der Waals surface area contributed by atoms with Crippen molar-refractivity contribution in [2.45, 2.75) is 20.4 Å². The highest BCUT2D eigenvalue weighted by molar-refractivity contribution is 5.91. The molecule has 0 saturated carbocycles. The summed E-state index contributed by atoms with van der Waals surface area (Å²) in [5.41, 5.74) is 4.40. The van der Waals surface area contributed by atoms with Gasteiger partial charge in [0.25, 0.3) is 0 Å². The van der Waals surface area contributed by atoms with Gasteiger partial charge in [0.2, 0.25) is 0 Å². The van der Waals surface area contributed by atoms with Crippen LogP contribution in [0.5, 0.6) is 0 Å². The minimum absolute atomic E-state index is 0.710. The van der Waals surface area contributed by atoms with Gasteiger partial charge in [-0.05, 0) is 31.5 Å². The fraction of sp³-hybridized carbons (Fsp3) is 0.450. The molecule has 0 amide bonds. The van der Waals surface area contributed by atoms with Gasteiger partial charge in [0.15, 0.2) is 0 Å². The number of pyridine rings is 1. The Morgan fingerprint density at radius 2 is 1.96 bits per heavy atom. The first-order valence-corrected chi connectivity index (χ1v) is 9.48. The molecule has 4 rings (SSSR count). The van der Waals surface area contributed by atoms with E-state index in [2.05, 4.69) is 43.6 Å². The summed E-state index contributed by atoms with van der Waals surface area (Å²) in [4.78, 5) is 16.0. The molecule has 3 aromatic heterocycles. The van der Waals surface area contributed by atoms with Crippen LogP contribution in [0.2, 0.25) is 0 Å². The maximum Gasteiger partial charge on any atom is 0.146 e. The number of hydrogen-bond acceptors (Lipinski definition) is 6. The standard InChI is InChI=1S/C20H26N6O/c1-15-16(2)26(13-17-5-3-4-6-21-17)20-18(15)19(23-14-24-20)22-7-8-25-9-11-27-12-10-25/h3-6,14H,7-13H2,1-2H3,(H,22,23,24). The number of rotatable bonds is 6. The lowest BCUT2D eigenvalue weighted by molar-refractivity contribution is 0.0398. The molecule has 1 N–H and O–H groups in total. The number of aryl methyl sites for hydroxylation is 1. The lowest BCUT2D eigenvalue weighted by Crippen LogP contribution is -2.39. The minimum Gasteiger partial charge on any atom is -0.379 e. The molecule has 3 aromatic rings. The average molecular weight is 366 g/mol.